The van der Waals surface area contributed by atoms with Crippen LogP contribution in [0.1, 0.15) is 18.2 Å². The maximum Gasteiger partial charge on any atom is 0.246 e. The lowest BCUT2D eigenvalue weighted by Crippen LogP contribution is -2.30. The van der Waals surface area contributed by atoms with Crippen LogP contribution in [-0.4, -0.2) is 12.0 Å². The van der Waals surface area contributed by atoms with E-state index in [-0.39, 0.29) is 5.91 Å². The summed E-state index contributed by atoms with van der Waals surface area (Å²) in [5, 5.41) is 1.98. The van der Waals surface area contributed by atoms with Gasteiger partial charge in [0.25, 0.3) is 0 Å². The maximum absolute atomic E-state index is 10.8. The quantitative estimate of drug-likeness (QED) is 0.781. The third kappa shape index (κ3) is 3.16. The molecule has 4 heteroatoms. The van der Waals surface area contributed by atoms with Gasteiger partial charge in [-0.3, -0.25) is 4.79 Å². The number of carbonyl (C=O) groups excluding carboxylic acids is 1. The molecule has 0 saturated carbocycles. The van der Waals surface area contributed by atoms with E-state index in [2.05, 4.69) is 0 Å². The number of thiophene rings is 1. The first-order valence-electron chi connectivity index (χ1n) is 4.17. The van der Waals surface area contributed by atoms with E-state index in [0.717, 1.165) is 4.88 Å². The number of carbonyl (C=O) groups is 1. The Morgan fingerprint density at radius 1 is 1.77 bits per heavy atom. The predicted octanol–water partition coefficient (Wildman–Crippen LogP) is 1.53. The first-order chi connectivity index (χ1) is 6.24. The molecule has 0 saturated heterocycles. The highest BCUT2D eigenvalue weighted by molar-refractivity contribution is 7.09. The largest absolute Gasteiger partial charge is 0.367 e. The smallest absolute Gasteiger partial charge is 0.246 e. The molecule has 0 spiro atoms. The van der Waals surface area contributed by atoms with Crippen molar-refractivity contribution < 1.29 is 9.53 Å². The summed E-state index contributed by atoms with van der Waals surface area (Å²) in [5.74, 6) is -0.390. The second-order valence-corrected chi connectivity index (χ2v) is 3.72. The number of hydrogen-bond acceptors (Lipinski definition) is 3. The second kappa shape index (κ2) is 4.99. The first kappa shape index (κ1) is 10.2. The van der Waals surface area contributed by atoms with Crippen LogP contribution in [-0.2, 0) is 16.1 Å². The Labute approximate surface area is 81.5 Å². The van der Waals surface area contributed by atoms with Crippen molar-refractivity contribution in [1.82, 2.24) is 0 Å². The van der Waals surface area contributed by atoms with Crippen molar-refractivity contribution in [2.45, 2.75) is 26.1 Å². The monoisotopic (exact) mass is 199 g/mol. The Kier molecular flexibility index (Phi) is 3.92. The molecule has 1 aromatic rings. The molecular weight excluding hydrogens is 186 g/mol. The molecule has 1 rings (SSSR count). The van der Waals surface area contributed by atoms with Crippen LogP contribution in [0.15, 0.2) is 17.5 Å². The van der Waals surface area contributed by atoms with E-state index in [0.29, 0.717) is 13.0 Å². The Balaban J connectivity index is 2.36. The molecule has 72 valence electrons. The zero-order valence-electron chi connectivity index (χ0n) is 7.53. The third-order valence-electron chi connectivity index (χ3n) is 1.70. The van der Waals surface area contributed by atoms with Gasteiger partial charge in [-0.05, 0) is 17.9 Å². The van der Waals surface area contributed by atoms with E-state index < -0.39 is 6.10 Å². The zero-order chi connectivity index (χ0) is 9.68. The maximum atomic E-state index is 10.8. The van der Waals surface area contributed by atoms with E-state index in [4.69, 9.17) is 10.5 Å². The molecule has 1 aromatic heterocycles. The first-order valence-corrected chi connectivity index (χ1v) is 5.05. The fourth-order valence-electron chi connectivity index (χ4n) is 0.979. The number of ether oxygens (including phenoxy) is 1. The van der Waals surface area contributed by atoms with Gasteiger partial charge in [0.05, 0.1) is 6.61 Å². The average molecular weight is 199 g/mol. The van der Waals surface area contributed by atoms with Crippen molar-refractivity contribution in [1.29, 1.82) is 0 Å². The summed E-state index contributed by atoms with van der Waals surface area (Å²) in [7, 11) is 0. The Hall–Kier alpha value is -0.870. The highest BCUT2D eigenvalue weighted by atomic mass is 32.1. The molecule has 1 amide bonds. The summed E-state index contributed by atoms with van der Waals surface area (Å²) < 4.78 is 5.33. The van der Waals surface area contributed by atoms with Crippen LogP contribution in [0.4, 0.5) is 0 Å². The van der Waals surface area contributed by atoms with E-state index in [9.17, 15) is 4.79 Å². The van der Waals surface area contributed by atoms with Crippen molar-refractivity contribution in [3.63, 3.8) is 0 Å². The second-order valence-electron chi connectivity index (χ2n) is 2.69. The zero-order valence-corrected chi connectivity index (χ0v) is 8.34. The molecule has 0 bridgehead atoms. The van der Waals surface area contributed by atoms with Crippen molar-refractivity contribution in [3.8, 4) is 0 Å². The highest BCUT2D eigenvalue weighted by Crippen LogP contribution is 2.11. The number of amides is 1. The lowest BCUT2D eigenvalue weighted by atomic mass is 10.3. The number of rotatable bonds is 5. The normalized spacial score (nSPS) is 12.7. The summed E-state index contributed by atoms with van der Waals surface area (Å²) in [6, 6.07) is 3.92. The van der Waals surface area contributed by atoms with Crippen LogP contribution in [0.3, 0.4) is 0 Å². The van der Waals surface area contributed by atoms with Crippen molar-refractivity contribution >= 4 is 17.2 Å². The van der Waals surface area contributed by atoms with Gasteiger partial charge >= 0.3 is 0 Å². The fourth-order valence-corrected chi connectivity index (χ4v) is 1.60. The molecule has 0 aliphatic carbocycles. The van der Waals surface area contributed by atoms with Gasteiger partial charge in [0, 0.05) is 4.88 Å². The molecule has 1 heterocycles. The molecule has 3 nitrogen and oxygen atoms in total. The van der Waals surface area contributed by atoms with E-state index in [1.807, 2.05) is 24.4 Å². The summed E-state index contributed by atoms with van der Waals surface area (Å²) in [6.07, 6.45) is 0.169. The molecule has 0 aliphatic heterocycles. The van der Waals surface area contributed by atoms with Gasteiger partial charge in [0.1, 0.15) is 6.10 Å². The van der Waals surface area contributed by atoms with Gasteiger partial charge in [-0.25, -0.2) is 0 Å². The topological polar surface area (TPSA) is 52.3 Å². The molecule has 0 aliphatic rings. The molecule has 2 N–H and O–H groups in total. The third-order valence-corrected chi connectivity index (χ3v) is 2.54. The van der Waals surface area contributed by atoms with Gasteiger partial charge in [-0.2, -0.15) is 0 Å². The Morgan fingerprint density at radius 3 is 3.00 bits per heavy atom. The molecule has 1 atom stereocenters. The van der Waals surface area contributed by atoms with Crippen LogP contribution in [0.2, 0.25) is 0 Å². The van der Waals surface area contributed by atoms with Crippen LogP contribution >= 0.6 is 11.3 Å². The molecule has 13 heavy (non-hydrogen) atoms. The van der Waals surface area contributed by atoms with Crippen molar-refractivity contribution in [2.75, 3.05) is 0 Å². The van der Waals surface area contributed by atoms with E-state index in [1.165, 1.54) is 0 Å². The Bertz CT molecular complexity index is 259. The van der Waals surface area contributed by atoms with Crippen molar-refractivity contribution in [2.24, 2.45) is 5.73 Å². The molecule has 0 fully saturated rings. The molecule has 0 aromatic carbocycles. The highest BCUT2D eigenvalue weighted by Gasteiger charge is 2.12. The van der Waals surface area contributed by atoms with E-state index >= 15 is 0 Å². The summed E-state index contributed by atoms with van der Waals surface area (Å²) in [5.41, 5.74) is 5.13. The summed E-state index contributed by atoms with van der Waals surface area (Å²) in [6.45, 7) is 2.35. The molecular formula is C9H13NO2S. The number of primary amides is 1. The van der Waals surface area contributed by atoms with Gasteiger partial charge in [0.2, 0.25) is 5.91 Å². The number of hydrogen-bond donors (Lipinski definition) is 1. The Morgan fingerprint density at radius 2 is 2.54 bits per heavy atom. The lowest BCUT2D eigenvalue weighted by Gasteiger charge is -2.10. The van der Waals surface area contributed by atoms with Crippen LogP contribution in [0, 0.1) is 0 Å². The number of nitrogens with two attached hydrogens (primary N) is 1. The lowest BCUT2D eigenvalue weighted by molar-refractivity contribution is -0.130. The van der Waals surface area contributed by atoms with Gasteiger partial charge in [-0.1, -0.05) is 13.0 Å². The molecule has 1 unspecified atom stereocenters. The molecule has 0 radical (unpaired) electrons. The minimum absolute atomic E-state index is 0.390. The average Bonchev–Trinajstić information content (AvgIpc) is 2.57. The van der Waals surface area contributed by atoms with E-state index in [1.54, 1.807) is 11.3 Å². The van der Waals surface area contributed by atoms with Crippen LogP contribution < -0.4 is 5.73 Å². The summed E-state index contributed by atoms with van der Waals surface area (Å²) >= 11 is 1.61. The minimum Gasteiger partial charge on any atom is -0.367 e. The fraction of sp³-hybridized carbons (Fsp3) is 0.444. The standard InChI is InChI=1S/C9H13NO2S/c1-2-8(9(10)11)12-6-7-4-3-5-13-7/h3-5,8H,2,6H2,1H3,(H2,10,11). The van der Waals surface area contributed by atoms with Crippen LogP contribution in [0.5, 0.6) is 0 Å². The van der Waals surface area contributed by atoms with Gasteiger partial charge in [-0.15, -0.1) is 11.3 Å². The van der Waals surface area contributed by atoms with Crippen molar-refractivity contribution in [3.05, 3.63) is 22.4 Å². The van der Waals surface area contributed by atoms with Gasteiger partial charge in [0.15, 0.2) is 0 Å². The SMILES string of the molecule is CCC(OCc1cccs1)C(N)=O. The summed E-state index contributed by atoms with van der Waals surface area (Å²) in [4.78, 5) is 11.9. The predicted molar refractivity (Wildman–Crippen MR) is 52.4 cm³/mol. The van der Waals surface area contributed by atoms with Gasteiger partial charge < -0.3 is 10.5 Å². The minimum atomic E-state index is -0.456. The van der Waals surface area contributed by atoms with Crippen LogP contribution in [0.25, 0.3) is 0 Å².